The van der Waals surface area contributed by atoms with E-state index in [0.717, 1.165) is 50.1 Å². The van der Waals surface area contributed by atoms with Crippen LogP contribution in [0.15, 0.2) is 47.5 Å². The highest BCUT2D eigenvalue weighted by Crippen LogP contribution is 2.43. The molecule has 2 aromatic carbocycles. The van der Waals surface area contributed by atoms with E-state index in [1.807, 2.05) is 51.1 Å². The van der Waals surface area contributed by atoms with Crippen LogP contribution < -0.4 is 21.1 Å². The average Bonchev–Trinajstić information content (AvgIpc) is 3.70. The van der Waals surface area contributed by atoms with Gasteiger partial charge in [-0.3, -0.25) is 19.1 Å². The lowest BCUT2D eigenvalue weighted by atomic mass is 10.1. The van der Waals surface area contributed by atoms with Crippen LogP contribution in [0.25, 0.3) is 16.6 Å². The number of anilines is 2. The van der Waals surface area contributed by atoms with Gasteiger partial charge in [0.2, 0.25) is 5.91 Å². The van der Waals surface area contributed by atoms with Gasteiger partial charge >= 0.3 is 6.09 Å². The van der Waals surface area contributed by atoms with E-state index in [9.17, 15) is 14.4 Å². The summed E-state index contributed by atoms with van der Waals surface area (Å²) in [7, 11) is 1.61. The van der Waals surface area contributed by atoms with Gasteiger partial charge < -0.3 is 29.7 Å². The number of carbonyl (C=O) groups is 2. The van der Waals surface area contributed by atoms with Gasteiger partial charge in [0.05, 0.1) is 42.5 Å². The van der Waals surface area contributed by atoms with Crippen LogP contribution >= 0.6 is 0 Å². The van der Waals surface area contributed by atoms with Crippen LogP contribution in [0.1, 0.15) is 45.6 Å². The van der Waals surface area contributed by atoms with E-state index in [-0.39, 0.29) is 17.5 Å². The lowest BCUT2D eigenvalue weighted by Crippen LogP contribution is -2.51. The Kier molecular flexibility index (Phi) is 8.55. The Hall–Kier alpha value is -4.00. The number of hydrogen-bond donors (Lipinski definition) is 2. The summed E-state index contributed by atoms with van der Waals surface area (Å²) in [5, 5.41) is 6.59. The number of methoxy groups -OCH3 is 1. The number of aromatic nitrogens is 2. The second-order valence-electron chi connectivity index (χ2n) is 13.1. The van der Waals surface area contributed by atoms with Crippen molar-refractivity contribution in [2.45, 2.75) is 63.8 Å². The van der Waals surface area contributed by atoms with Gasteiger partial charge in [-0.25, -0.2) is 9.78 Å². The van der Waals surface area contributed by atoms with Crippen LogP contribution in [0.5, 0.6) is 0 Å². The first-order valence-corrected chi connectivity index (χ1v) is 15.6. The second-order valence-corrected chi connectivity index (χ2v) is 13.1. The number of hydrogen-bond acceptors (Lipinski definition) is 9. The monoisotopic (exact) mass is 618 g/mol. The molecule has 1 atom stereocenters. The number of alkyl carbamates (subject to hydrolysis) is 1. The highest BCUT2D eigenvalue weighted by molar-refractivity contribution is 6.01. The molecule has 45 heavy (non-hydrogen) atoms. The van der Waals surface area contributed by atoms with Crippen LogP contribution in [0.3, 0.4) is 0 Å². The summed E-state index contributed by atoms with van der Waals surface area (Å²) >= 11 is 0. The van der Waals surface area contributed by atoms with Gasteiger partial charge in [-0.15, -0.1) is 0 Å². The van der Waals surface area contributed by atoms with Gasteiger partial charge in [-0.1, -0.05) is 6.07 Å². The zero-order valence-corrected chi connectivity index (χ0v) is 26.4. The van der Waals surface area contributed by atoms with E-state index in [0.29, 0.717) is 48.6 Å². The highest BCUT2D eigenvalue weighted by atomic mass is 16.6. The summed E-state index contributed by atoms with van der Waals surface area (Å²) in [4.78, 5) is 48.5. The number of rotatable bonds is 8. The highest BCUT2D eigenvalue weighted by Gasteiger charge is 2.54. The van der Waals surface area contributed by atoms with Crippen LogP contribution in [-0.4, -0.2) is 90.1 Å². The van der Waals surface area contributed by atoms with Crippen molar-refractivity contribution in [3.05, 3.63) is 58.6 Å². The molecule has 6 rings (SSSR count). The standard InChI is InChI=1S/C33H42N6O6/c1-32(2,3)45-31(42)35-23-9-12-37(19-23)24-7-8-26-28(17-24)34-21-39(29(26)40)25-6-5-22(20-43-4)27(18-25)36-30(41)33(10-11-33)38-13-15-44-16-14-38/h5-8,17-18,21,23H,9-16,19-20H2,1-4H3,(H,35,42)(H,36,41)/t23-/m1/s1. The number of nitrogens with one attached hydrogen (secondary N) is 2. The van der Waals surface area contributed by atoms with Gasteiger partial charge in [-0.2, -0.15) is 0 Å². The Labute approximate surface area is 262 Å². The number of nitrogens with zero attached hydrogens (tertiary/aromatic N) is 4. The lowest BCUT2D eigenvalue weighted by molar-refractivity contribution is -0.124. The van der Waals surface area contributed by atoms with Crippen LogP contribution in [0.4, 0.5) is 16.2 Å². The molecule has 2 saturated heterocycles. The summed E-state index contributed by atoms with van der Waals surface area (Å²) in [5.74, 6) is -0.0409. The number of ether oxygens (including phenoxy) is 3. The van der Waals surface area contributed by atoms with E-state index in [4.69, 9.17) is 14.2 Å². The molecule has 0 unspecified atom stereocenters. The van der Waals surface area contributed by atoms with Crippen molar-refractivity contribution < 1.29 is 23.8 Å². The fourth-order valence-electron chi connectivity index (χ4n) is 6.22. The Morgan fingerprint density at radius 1 is 1.07 bits per heavy atom. The fraction of sp³-hybridized carbons (Fsp3) is 0.515. The van der Waals surface area contributed by atoms with Crippen LogP contribution in [0.2, 0.25) is 0 Å². The molecule has 3 heterocycles. The lowest BCUT2D eigenvalue weighted by Gasteiger charge is -2.34. The van der Waals surface area contributed by atoms with Crippen LogP contribution in [-0.2, 0) is 25.6 Å². The molecule has 240 valence electrons. The Morgan fingerprint density at radius 2 is 1.82 bits per heavy atom. The molecule has 12 heteroatoms. The number of morpholine rings is 1. The molecular formula is C33H42N6O6. The smallest absolute Gasteiger partial charge is 0.407 e. The third-order valence-electron chi connectivity index (χ3n) is 8.70. The van der Waals surface area contributed by atoms with Crippen molar-refractivity contribution in [2.24, 2.45) is 0 Å². The van der Waals surface area contributed by atoms with E-state index < -0.39 is 17.2 Å². The minimum Gasteiger partial charge on any atom is -0.444 e. The predicted molar refractivity (Wildman–Crippen MR) is 171 cm³/mol. The maximum atomic E-state index is 13.7. The molecule has 12 nitrogen and oxygen atoms in total. The first-order valence-electron chi connectivity index (χ1n) is 15.6. The minimum absolute atomic E-state index is 0.0315. The molecule has 1 aliphatic carbocycles. The topological polar surface area (TPSA) is 127 Å². The zero-order chi connectivity index (χ0) is 31.8. The largest absolute Gasteiger partial charge is 0.444 e. The summed E-state index contributed by atoms with van der Waals surface area (Å²) < 4.78 is 17.8. The van der Waals surface area contributed by atoms with E-state index in [1.54, 1.807) is 13.2 Å². The molecule has 1 saturated carbocycles. The summed E-state index contributed by atoms with van der Waals surface area (Å²) in [6.07, 6.45) is 3.52. The van der Waals surface area contributed by atoms with Crippen molar-refractivity contribution in [2.75, 3.05) is 56.7 Å². The fourth-order valence-corrected chi connectivity index (χ4v) is 6.22. The maximum Gasteiger partial charge on any atom is 0.407 e. The minimum atomic E-state index is -0.552. The molecule has 3 fully saturated rings. The molecule has 0 radical (unpaired) electrons. The van der Waals surface area contributed by atoms with Crippen molar-refractivity contribution in [3.8, 4) is 5.69 Å². The number of benzene rings is 2. The third-order valence-corrected chi connectivity index (χ3v) is 8.70. The summed E-state index contributed by atoms with van der Waals surface area (Å²) in [5.41, 5.74) is 2.29. The van der Waals surface area contributed by atoms with Crippen molar-refractivity contribution >= 4 is 34.3 Å². The van der Waals surface area contributed by atoms with Gasteiger partial charge in [0, 0.05) is 50.2 Å². The molecule has 0 bridgehead atoms. The first-order chi connectivity index (χ1) is 21.6. The van der Waals surface area contributed by atoms with E-state index in [1.165, 1.54) is 10.9 Å². The number of fused-ring (bicyclic) bond motifs is 1. The molecule has 3 aliphatic rings. The van der Waals surface area contributed by atoms with Crippen molar-refractivity contribution in [3.63, 3.8) is 0 Å². The van der Waals surface area contributed by atoms with Gasteiger partial charge in [0.25, 0.3) is 5.56 Å². The summed E-state index contributed by atoms with van der Waals surface area (Å²) in [6.45, 7) is 9.97. The predicted octanol–water partition coefficient (Wildman–Crippen LogP) is 3.44. The van der Waals surface area contributed by atoms with Gasteiger partial charge in [0.15, 0.2) is 0 Å². The van der Waals surface area contributed by atoms with E-state index >= 15 is 0 Å². The average molecular weight is 619 g/mol. The quantitative estimate of drug-likeness (QED) is 0.390. The molecule has 2 amide bonds. The third kappa shape index (κ3) is 6.68. The van der Waals surface area contributed by atoms with Crippen LogP contribution in [0, 0.1) is 0 Å². The molecule has 2 N–H and O–H groups in total. The molecule has 2 aliphatic heterocycles. The second kappa shape index (κ2) is 12.4. The van der Waals surface area contributed by atoms with Crippen molar-refractivity contribution in [1.29, 1.82) is 0 Å². The zero-order valence-electron chi connectivity index (χ0n) is 26.4. The van der Waals surface area contributed by atoms with Gasteiger partial charge in [-0.05, 0) is 70.4 Å². The van der Waals surface area contributed by atoms with Crippen molar-refractivity contribution in [1.82, 2.24) is 19.8 Å². The maximum absolute atomic E-state index is 13.7. The van der Waals surface area contributed by atoms with E-state index in [2.05, 4.69) is 25.4 Å². The Balaban J connectivity index is 1.20. The normalized spacial score (nSPS) is 19.8. The Morgan fingerprint density at radius 3 is 2.53 bits per heavy atom. The van der Waals surface area contributed by atoms with Gasteiger partial charge in [0.1, 0.15) is 17.5 Å². The molecule has 3 aromatic rings. The molecular weight excluding hydrogens is 576 g/mol. The first kappa shape index (κ1) is 31.0. The molecule has 1 aromatic heterocycles. The Bertz CT molecular complexity index is 1640. The number of carbonyl (C=O) groups excluding carboxylic acids is 2. The molecule has 0 spiro atoms. The number of amides is 2. The SMILES string of the molecule is COCc1ccc(-n2cnc3cc(N4CC[C@@H](NC(=O)OC(C)(C)C)C4)ccc3c2=O)cc1NC(=O)C1(N2CCOCC2)CC1. The summed E-state index contributed by atoms with van der Waals surface area (Å²) in [6, 6.07) is 11.1.